The zero-order valence-corrected chi connectivity index (χ0v) is 18.2. The zero-order valence-electron chi connectivity index (χ0n) is 15.8. The van der Waals surface area contributed by atoms with E-state index in [1.54, 1.807) is 17.0 Å². The Hall–Kier alpha value is -2.12. The molecule has 28 heavy (non-hydrogen) atoms. The molecular weight excluding hydrogens is 443 g/mol. The van der Waals surface area contributed by atoms with Crippen LogP contribution in [-0.4, -0.2) is 28.6 Å². The third-order valence-corrected chi connectivity index (χ3v) is 5.50. The monoisotopic (exact) mass is 462 g/mol. The fraction of sp³-hybridized carbons (Fsp3) is 0.238. The van der Waals surface area contributed by atoms with Crippen LogP contribution in [0, 0.1) is 5.82 Å². The van der Waals surface area contributed by atoms with Crippen molar-refractivity contribution in [3.8, 4) is 5.75 Å². The van der Waals surface area contributed by atoms with Gasteiger partial charge in [-0.25, -0.2) is 9.38 Å². The van der Waals surface area contributed by atoms with Crippen LogP contribution >= 0.6 is 27.7 Å². The van der Waals surface area contributed by atoms with Gasteiger partial charge in [-0.15, -0.1) is 0 Å². The quantitative estimate of drug-likeness (QED) is 0.511. The maximum absolute atomic E-state index is 13.1. The van der Waals surface area contributed by atoms with Crippen LogP contribution in [0.4, 0.5) is 10.1 Å². The summed E-state index contributed by atoms with van der Waals surface area (Å²) in [5.74, 6) is 0.353. The van der Waals surface area contributed by atoms with Crippen LogP contribution in [-0.2, 0) is 4.79 Å². The van der Waals surface area contributed by atoms with E-state index in [4.69, 9.17) is 4.74 Å². The number of amidine groups is 1. The van der Waals surface area contributed by atoms with Gasteiger partial charge in [0, 0.05) is 6.54 Å². The standard InChI is InChI=1S/C21H20BrFN2O2S/c1-4-25-20(26)19(28-21(25)24-16-8-6-15(23)7-9-16)12-14-5-10-18(17(22)11-14)27-13(2)3/h5-13H,4H2,1-3H3/b19-12+,24-21?. The lowest BCUT2D eigenvalue weighted by Crippen LogP contribution is -2.28. The number of carbonyl (C=O) groups excluding carboxylic acids is 1. The molecule has 0 radical (unpaired) electrons. The molecule has 0 spiro atoms. The fourth-order valence-corrected chi connectivity index (χ4v) is 4.16. The van der Waals surface area contributed by atoms with Gasteiger partial charge in [0.1, 0.15) is 11.6 Å². The molecule has 0 atom stereocenters. The number of hydrogen-bond donors (Lipinski definition) is 0. The van der Waals surface area contributed by atoms with Crippen molar-refractivity contribution >= 4 is 50.5 Å². The molecule has 7 heteroatoms. The number of halogens is 2. The van der Waals surface area contributed by atoms with E-state index in [-0.39, 0.29) is 17.8 Å². The van der Waals surface area contributed by atoms with Crippen molar-refractivity contribution in [1.29, 1.82) is 0 Å². The van der Waals surface area contributed by atoms with E-state index in [9.17, 15) is 9.18 Å². The molecular formula is C21H20BrFN2O2S. The normalized spacial score (nSPS) is 17.2. The molecule has 1 fully saturated rings. The van der Waals surface area contributed by atoms with Gasteiger partial charge in [0.05, 0.1) is 21.2 Å². The second-order valence-corrected chi connectivity index (χ2v) is 8.25. The van der Waals surface area contributed by atoms with Gasteiger partial charge in [0.15, 0.2) is 5.17 Å². The van der Waals surface area contributed by atoms with E-state index in [1.807, 2.05) is 45.0 Å². The van der Waals surface area contributed by atoms with Crippen molar-refractivity contribution in [1.82, 2.24) is 4.90 Å². The van der Waals surface area contributed by atoms with Gasteiger partial charge >= 0.3 is 0 Å². The number of aliphatic imine (C=N–C) groups is 1. The Labute approximate surface area is 176 Å². The summed E-state index contributed by atoms with van der Waals surface area (Å²) >= 11 is 4.83. The molecule has 0 aromatic heterocycles. The number of ether oxygens (including phenoxy) is 1. The summed E-state index contributed by atoms with van der Waals surface area (Å²) in [5.41, 5.74) is 1.49. The van der Waals surface area contributed by atoms with Crippen LogP contribution in [0.25, 0.3) is 6.08 Å². The number of carbonyl (C=O) groups is 1. The minimum absolute atomic E-state index is 0.0795. The van der Waals surface area contributed by atoms with E-state index >= 15 is 0 Å². The number of likely N-dealkylation sites (N-methyl/N-ethyl adjacent to an activating group) is 1. The molecule has 1 amide bonds. The predicted molar refractivity (Wildman–Crippen MR) is 116 cm³/mol. The van der Waals surface area contributed by atoms with Gasteiger partial charge in [-0.3, -0.25) is 9.69 Å². The highest BCUT2D eigenvalue weighted by Crippen LogP contribution is 2.35. The first-order valence-electron chi connectivity index (χ1n) is 8.89. The Bertz CT molecular complexity index is 942. The Morgan fingerprint density at radius 2 is 1.96 bits per heavy atom. The van der Waals surface area contributed by atoms with Crippen molar-refractivity contribution < 1.29 is 13.9 Å². The van der Waals surface area contributed by atoms with Gasteiger partial charge in [0.25, 0.3) is 5.91 Å². The Balaban J connectivity index is 1.87. The maximum atomic E-state index is 13.1. The summed E-state index contributed by atoms with van der Waals surface area (Å²) in [4.78, 5) is 19.5. The first kappa shape index (κ1) is 20.6. The summed E-state index contributed by atoms with van der Waals surface area (Å²) < 4.78 is 19.7. The van der Waals surface area contributed by atoms with Crippen LogP contribution in [0.1, 0.15) is 26.3 Å². The molecule has 2 aromatic carbocycles. The van der Waals surface area contributed by atoms with Crippen molar-refractivity contribution in [3.63, 3.8) is 0 Å². The second kappa shape index (κ2) is 8.92. The molecule has 0 unspecified atom stereocenters. The van der Waals surface area contributed by atoms with Gasteiger partial charge in [-0.1, -0.05) is 6.07 Å². The first-order chi connectivity index (χ1) is 13.4. The molecule has 1 aliphatic heterocycles. The Morgan fingerprint density at radius 1 is 1.25 bits per heavy atom. The second-order valence-electron chi connectivity index (χ2n) is 6.39. The van der Waals surface area contributed by atoms with Crippen molar-refractivity contribution in [2.45, 2.75) is 26.9 Å². The molecule has 0 N–H and O–H groups in total. The third kappa shape index (κ3) is 4.83. The van der Waals surface area contributed by atoms with Crippen LogP contribution in [0.2, 0.25) is 0 Å². The highest BCUT2D eigenvalue weighted by atomic mass is 79.9. The number of thioether (sulfide) groups is 1. The number of nitrogens with zero attached hydrogens (tertiary/aromatic N) is 2. The fourth-order valence-electron chi connectivity index (χ4n) is 2.60. The molecule has 1 heterocycles. The number of hydrogen-bond acceptors (Lipinski definition) is 4. The van der Waals surface area contributed by atoms with Gasteiger partial charge in [0.2, 0.25) is 0 Å². The van der Waals surface area contributed by atoms with E-state index in [0.29, 0.717) is 22.3 Å². The number of benzene rings is 2. The van der Waals surface area contributed by atoms with E-state index in [1.165, 1.54) is 23.9 Å². The average Bonchev–Trinajstić information content (AvgIpc) is 2.93. The van der Waals surface area contributed by atoms with E-state index < -0.39 is 0 Å². The minimum atomic E-state index is -0.317. The lowest BCUT2D eigenvalue weighted by atomic mass is 10.2. The molecule has 2 aromatic rings. The topological polar surface area (TPSA) is 41.9 Å². The number of amides is 1. The number of rotatable bonds is 5. The van der Waals surface area contributed by atoms with Gasteiger partial charge in [-0.05, 0) is 96.5 Å². The van der Waals surface area contributed by atoms with Gasteiger partial charge < -0.3 is 4.74 Å². The third-order valence-electron chi connectivity index (χ3n) is 3.87. The summed E-state index contributed by atoms with van der Waals surface area (Å²) in [6.45, 7) is 6.35. The van der Waals surface area contributed by atoms with Crippen LogP contribution in [0.5, 0.6) is 5.75 Å². The van der Waals surface area contributed by atoms with Crippen LogP contribution in [0.15, 0.2) is 56.8 Å². The smallest absolute Gasteiger partial charge is 0.266 e. The maximum Gasteiger partial charge on any atom is 0.266 e. The molecule has 3 rings (SSSR count). The molecule has 0 aliphatic carbocycles. The summed E-state index contributed by atoms with van der Waals surface area (Å²) in [7, 11) is 0. The molecule has 0 bridgehead atoms. The average molecular weight is 463 g/mol. The lowest BCUT2D eigenvalue weighted by Gasteiger charge is -2.12. The zero-order chi connectivity index (χ0) is 20.3. The predicted octanol–water partition coefficient (Wildman–Crippen LogP) is 6.00. The summed E-state index contributed by atoms with van der Waals surface area (Å²) in [5, 5.41) is 0.587. The highest BCUT2D eigenvalue weighted by Gasteiger charge is 2.32. The highest BCUT2D eigenvalue weighted by molar-refractivity contribution is 9.10. The summed E-state index contributed by atoms with van der Waals surface area (Å²) in [6.07, 6.45) is 1.92. The largest absolute Gasteiger partial charge is 0.490 e. The molecule has 4 nitrogen and oxygen atoms in total. The SMILES string of the molecule is CCN1C(=O)/C(=C\c2ccc(OC(C)C)c(Br)c2)SC1=Nc1ccc(F)cc1. The molecule has 1 aliphatic rings. The van der Waals surface area contributed by atoms with Crippen LogP contribution < -0.4 is 4.74 Å². The molecule has 146 valence electrons. The van der Waals surface area contributed by atoms with Crippen molar-refractivity contribution in [3.05, 3.63) is 63.2 Å². The molecule has 1 saturated heterocycles. The molecule has 0 saturated carbocycles. The van der Waals surface area contributed by atoms with Crippen molar-refractivity contribution in [2.24, 2.45) is 4.99 Å². The van der Waals surface area contributed by atoms with Gasteiger partial charge in [-0.2, -0.15) is 0 Å². The summed E-state index contributed by atoms with van der Waals surface area (Å²) in [6, 6.07) is 11.6. The Kier molecular flexibility index (Phi) is 6.57. The first-order valence-corrected chi connectivity index (χ1v) is 10.5. The van der Waals surface area contributed by atoms with Crippen LogP contribution in [0.3, 0.4) is 0 Å². The Morgan fingerprint density at radius 3 is 2.57 bits per heavy atom. The van der Waals surface area contributed by atoms with Crippen molar-refractivity contribution in [2.75, 3.05) is 6.54 Å². The van der Waals surface area contributed by atoms with E-state index in [0.717, 1.165) is 15.8 Å². The lowest BCUT2D eigenvalue weighted by molar-refractivity contribution is -0.122. The minimum Gasteiger partial charge on any atom is -0.490 e. The van der Waals surface area contributed by atoms with E-state index in [2.05, 4.69) is 20.9 Å².